The van der Waals surface area contributed by atoms with Gasteiger partial charge in [-0.05, 0) is 6.92 Å². The number of ether oxygens (including phenoxy) is 1. The molecule has 6 heteroatoms. The lowest BCUT2D eigenvalue weighted by Crippen LogP contribution is -2.61. The minimum Gasteiger partial charge on any atom is -0.388 e. The van der Waals surface area contributed by atoms with Crippen molar-refractivity contribution in [3.05, 3.63) is 0 Å². The Morgan fingerprint density at radius 3 is 2.29 bits per heavy atom. The van der Waals surface area contributed by atoms with E-state index in [4.69, 9.17) is 4.74 Å². The third kappa shape index (κ3) is 2.21. The van der Waals surface area contributed by atoms with Crippen molar-refractivity contribution in [1.82, 2.24) is 5.32 Å². The fourth-order valence-corrected chi connectivity index (χ4v) is 1.37. The maximum atomic E-state index is 10.7. The second-order valence-corrected chi connectivity index (χ2v) is 3.43. The molecule has 0 aromatic heterocycles. The van der Waals surface area contributed by atoms with Crippen LogP contribution in [0.15, 0.2) is 0 Å². The van der Waals surface area contributed by atoms with Gasteiger partial charge in [-0.3, -0.25) is 4.79 Å². The fraction of sp³-hybridized carbons (Fsp3) is 0.875. The Kier molecular flexibility index (Phi) is 3.43. The summed E-state index contributed by atoms with van der Waals surface area (Å²) in [5.74, 6) is -0.371. The van der Waals surface area contributed by atoms with Crippen LogP contribution in [0.2, 0.25) is 0 Å². The Morgan fingerprint density at radius 2 is 1.79 bits per heavy atom. The molecule has 4 N–H and O–H groups in total. The van der Waals surface area contributed by atoms with Gasteiger partial charge in [0.25, 0.3) is 0 Å². The van der Waals surface area contributed by atoms with Crippen LogP contribution in [0.5, 0.6) is 0 Å². The number of aliphatic hydroxyl groups is 3. The molecule has 1 amide bonds. The van der Waals surface area contributed by atoms with Crippen LogP contribution in [0.25, 0.3) is 0 Å². The second kappa shape index (κ2) is 4.22. The van der Waals surface area contributed by atoms with Crippen molar-refractivity contribution >= 4 is 5.91 Å². The highest BCUT2D eigenvalue weighted by molar-refractivity contribution is 5.73. The van der Waals surface area contributed by atoms with Gasteiger partial charge in [-0.2, -0.15) is 0 Å². The van der Waals surface area contributed by atoms with Crippen LogP contribution in [0, 0.1) is 0 Å². The fourth-order valence-electron chi connectivity index (χ4n) is 1.37. The van der Waals surface area contributed by atoms with Gasteiger partial charge in [0.05, 0.1) is 6.10 Å². The summed E-state index contributed by atoms with van der Waals surface area (Å²) in [6.45, 7) is 2.83. The number of carbonyl (C=O) groups is 1. The molecule has 0 aromatic rings. The molecule has 6 nitrogen and oxygen atoms in total. The molecular formula is C8H15NO5. The molecule has 1 aliphatic heterocycles. The predicted molar refractivity (Wildman–Crippen MR) is 46.2 cm³/mol. The van der Waals surface area contributed by atoms with Crippen molar-refractivity contribution in [2.75, 3.05) is 0 Å². The number of nitrogens with one attached hydrogen (secondary N) is 1. The predicted octanol–water partition coefficient (Wildman–Crippen LogP) is -2.05. The summed E-state index contributed by atoms with van der Waals surface area (Å²) in [6.07, 6.45) is -5.37. The van der Waals surface area contributed by atoms with Crippen molar-refractivity contribution in [1.29, 1.82) is 0 Å². The molecule has 0 radical (unpaired) electrons. The molecular weight excluding hydrogens is 190 g/mol. The van der Waals surface area contributed by atoms with E-state index in [0.717, 1.165) is 0 Å². The number of amides is 1. The first-order valence-corrected chi connectivity index (χ1v) is 4.40. The standard InChI is InChI=1S/C8H15NO5/c1-3-5(11)6(12)7(13)8(14-3)9-4(2)10/h3,5-8,11-13H,1-2H3,(H,9,10)/t3-,5+,6+,7-,8?/m0/s1. The molecule has 1 fully saturated rings. The third-order valence-corrected chi connectivity index (χ3v) is 2.20. The van der Waals surface area contributed by atoms with Gasteiger partial charge in [-0.1, -0.05) is 0 Å². The molecule has 14 heavy (non-hydrogen) atoms. The number of aliphatic hydroxyl groups excluding tert-OH is 3. The summed E-state index contributed by atoms with van der Waals surface area (Å²) < 4.78 is 5.10. The van der Waals surface area contributed by atoms with Crippen LogP contribution >= 0.6 is 0 Å². The van der Waals surface area contributed by atoms with Crippen LogP contribution < -0.4 is 5.32 Å². The lowest BCUT2D eigenvalue weighted by molar-refractivity contribution is -0.224. The third-order valence-electron chi connectivity index (χ3n) is 2.20. The van der Waals surface area contributed by atoms with E-state index in [1.54, 1.807) is 6.92 Å². The number of hydrogen-bond acceptors (Lipinski definition) is 5. The topological polar surface area (TPSA) is 99.0 Å². The quantitative estimate of drug-likeness (QED) is 0.395. The largest absolute Gasteiger partial charge is 0.388 e. The highest BCUT2D eigenvalue weighted by Gasteiger charge is 2.41. The van der Waals surface area contributed by atoms with E-state index in [0.29, 0.717) is 0 Å². The van der Waals surface area contributed by atoms with E-state index >= 15 is 0 Å². The summed E-state index contributed by atoms with van der Waals surface area (Å²) in [7, 11) is 0. The zero-order valence-corrected chi connectivity index (χ0v) is 8.04. The average molecular weight is 205 g/mol. The van der Waals surface area contributed by atoms with Gasteiger partial charge in [0, 0.05) is 6.92 Å². The zero-order valence-electron chi connectivity index (χ0n) is 8.04. The van der Waals surface area contributed by atoms with Crippen molar-refractivity contribution in [3.8, 4) is 0 Å². The van der Waals surface area contributed by atoms with Crippen molar-refractivity contribution in [2.24, 2.45) is 0 Å². The average Bonchev–Trinajstić information content (AvgIpc) is 2.10. The normalized spacial score (nSPS) is 43.4. The van der Waals surface area contributed by atoms with E-state index in [1.807, 2.05) is 0 Å². The van der Waals surface area contributed by atoms with Gasteiger partial charge < -0.3 is 25.4 Å². The molecule has 0 aliphatic carbocycles. The van der Waals surface area contributed by atoms with Gasteiger partial charge in [-0.15, -0.1) is 0 Å². The summed E-state index contributed by atoms with van der Waals surface area (Å²) in [4.78, 5) is 10.7. The monoisotopic (exact) mass is 205 g/mol. The molecule has 1 heterocycles. The van der Waals surface area contributed by atoms with E-state index in [-0.39, 0.29) is 5.91 Å². The molecule has 0 saturated carbocycles. The minimum absolute atomic E-state index is 0.371. The van der Waals surface area contributed by atoms with E-state index in [1.165, 1.54) is 6.92 Å². The molecule has 1 saturated heterocycles. The molecule has 82 valence electrons. The Labute approximate surface area is 81.5 Å². The highest BCUT2D eigenvalue weighted by atomic mass is 16.5. The lowest BCUT2D eigenvalue weighted by atomic mass is 9.99. The molecule has 1 aliphatic rings. The van der Waals surface area contributed by atoms with Crippen LogP contribution in [0.4, 0.5) is 0 Å². The van der Waals surface area contributed by atoms with Crippen molar-refractivity contribution in [3.63, 3.8) is 0 Å². The first-order valence-electron chi connectivity index (χ1n) is 4.40. The van der Waals surface area contributed by atoms with E-state index in [9.17, 15) is 20.1 Å². The van der Waals surface area contributed by atoms with Crippen molar-refractivity contribution in [2.45, 2.75) is 44.5 Å². The smallest absolute Gasteiger partial charge is 0.218 e. The first kappa shape index (κ1) is 11.4. The number of carbonyl (C=O) groups excluding carboxylic acids is 1. The maximum absolute atomic E-state index is 10.7. The lowest BCUT2D eigenvalue weighted by Gasteiger charge is -2.39. The maximum Gasteiger partial charge on any atom is 0.218 e. The van der Waals surface area contributed by atoms with Gasteiger partial charge in [0.2, 0.25) is 5.91 Å². The number of hydrogen-bond donors (Lipinski definition) is 4. The Bertz CT molecular complexity index is 222. The van der Waals surface area contributed by atoms with Gasteiger partial charge >= 0.3 is 0 Å². The molecule has 1 rings (SSSR count). The number of rotatable bonds is 1. The molecule has 1 unspecified atom stereocenters. The Hall–Kier alpha value is -0.690. The summed E-state index contributed by atoms with van der Waals surface area (Å²) in [5, 5.41) is 30.4. The van der Waals surface area contributed by atoms with Crippen LogP contribution in [-0.4, -0.2) is 51.9 Å². The van der Waals surface area contributed by atoms with Crippen LogP contribution in [-0.2, 0) is 9.53 Å². The van der Waals surface area contributed by atoms with Gasteiger partial charge in [-0.25, -0.2) is 0 Å². The summed E-state index contributed by atoms with van der Waals surface area (Å²) in [5.41, 5.74) is 0. The van der Waals surface area contributed by atoms with Gasteiger partial charge in [0.15, 0.2) is 6.23 Å². The van der Waals surface area contributed by atoms with Crippen LogP contribution in [0.1, 0.15) is 13.8 Å². The first-order chi connectivity index (χ1) is 6.43. The summed E-state index contributed by atoms with van der Waals surface area (Å²) in [6, 6.07) is 0. The van der Waals surface area contributed by atoms with E-state index in [2.05, 4.69) is 5.32 Å². The Balaban J connectivity index is 2.65. The SMILES string of the molecule is CC(=O)NC1O[C@@H](C)[C@@H](O)[C@@H](O)[C@@H]1O. The van der Waals surface area contributed by atoms with Gasteiger partial charge in [0.1, 0.15) is 18.3 Å². The second-order valence-electron chi connectivity index (χ2n) is 3.43. The molecule has 0 aromatic carbocycles. The molecule has 0 bridgehead atoms. The Morgan fingerprint density at radius 1 is 1.21 bits per heavy atom. The van der Waals surface area contributed by atoms with Crippen molar-refractivity contribution < 1.29 is 24.9 Å². The molecule has 5 atom stereocenters. The van der Waals surface area contributed by atoms with Crippen LogP contribution in [0.3, 0.4) is 0 Å². The van der Waals surface area contributed by atoms with E-state index < -0.39 is 30.6 Å². The summed E-state index contributed by atoms with van der Waals surface area (Å²) >= 11 is 0. The molecule has 0 spiro atoms. The highest BCUT2D eigenvalue weighted by Crippen LogP contribution is 2.19. The zero-order chi connectivity index (χ0) is 10.9. The minimum atomic E-state index is -1.31.